The van der Waals surface area contributed by atoms with E-state index < -0.39 is 0 Å². The van der Waals surface area contributed by atoms with Crippen LogP contribution in [0.15, 0.2) is 6.33 Å². The van der Waals surface area contributed by atoms with Gasteiger partial charge in [0, 0.05) is 18.6 Å². The summed E-state index contributed by atoms with van der Waals surface area (Å²) in [4.78, 5) is 0. The minimum Gasteiger partial charge on any atom is -0.376 e. The summed E-state index contributed by atoms with van der Waals surface area (Å²) in [6, 6.07) is 0.385. The highest BCUT2D eigenvalue weighted by molar-refractivity contribution is 4.99. The lowest BCUT2D eigenvalue weighted by molar-refractivity contribution is 0.0956. The Morgan fingerprint density at radius 3 is 2.83 bits per heavy atom. The van der Waals surface area contributed by atoms with Crippen LogP contribution in [0.25, 0.3) is 0 Å². The molecule has 1 aromatic rings. The quantitative estimate of drug-likeness (QED) is 0.881. The Bertz CT molecular complexity index is 378. The molecule has 1 saturated carbocycles. The van der Waals surface area contributed by atoms with Gasteiger partial charge in [-0.2, -0.15) is 0 Å². The molecule has 5 heteroatoms. The molecule has 1 aliphatic heterocycles. The van der Waals surface area contributed by atoms with E-state index in [1.165, 1.54) is 6.42 Å². The number of ether oxygens (including phenoxy) is 1. The molecular weight excluding hydrogens is 228 g/mol. The van der Waals surface area contributed by atoms with Gasteiger partial charge in [-0.25, -0.2) is 0 Å². The number of aromatic nitrogens is 3. The molecule has 1 saturated heterocycles. The maximum absolute atomic E-state index is 5.96. The Morgan fingerprint density at radius 2 is 2.11 bits per heavy atom. The van der Waals surface area contributed by atoms with Gasteiger partial charge in [-0.05, 0) is 38.5 Å². The first-order valence-corrected chi connectivity index (χ1v) is 7.08. The molecule has 2 aliphatic rings. The number of hydrogen-bond donors (Lipinski definition) is 1. The van der Waals surface area contributed by atoms with Crippen molar-refractivity contribution in [1.82, 2.24) is 14.8 Å². The predicted octanol–water partition coefficient (Wildman–Crippen LogP) is 1.44. The molecule has 5 nitrogen and oxygen atoms in total. The van der Waals surface area contributed by atoms with E-state index in [1.807, 2.05) is 6.33 Å². The zero-order valence-electron chi connectivity index (χ0n) is 10.8. The minimum atomic E-state index is 0.352. The highest BCUT2D eigenvalue weighted by atomic mass is 16.5. The van der Waals surface area contributed by atoms with Gasteiger partial charge in [-0.1, -0.05) is 0 Å². The second-order valence-electron chi connectivity index (χ2n) is 5.59. The van der Waals surface area contributed by atoms with E-state index in [0.29, 0.717) is 18.1 Å². The van der Waals surface area contributed by atoms with Crippen LogP contribution in [0.1, 0.15) is 50.3 Å². The van der Waals surface area contributed by atoms with Crippen molar-refractivity contribution in [2.24, 2.45) is 5.73 Å². The van der Waals surface area contributed by atoms with Crippen molar-refractivity contribution in [1.29, 1.82) is 0 Å². The van der Waals surface area contributed by atoms with Crippen molar-refractivity contribution in [3.05, 3.63) is 12.2 Å². The first-order chi connectivity index (χ1) is 8.83. The molecule has 0 aromatic carbocycles. The van der Waals surface area contributed by atoms with E-state index in [9.17, 15) is 0 Å². The molecule has 0 spiro atoms. The molecule has 0 amide bonds. The Balaban J connectivity index is 1.66. The fourth-order valence-electron chi connectivity index (χ4n) is 3.11. The second kappa shape index (κ2) is 5.36. The van der Waals surface area contributed by atoms with Crippen molar-refractivity contribution in [3.8, 4) is 0 Å². The second-order valence-corrected chi connectivity index (χ2v) is 5.59. The SMILES string of the molecule is NC1CCC(c2nncn2CC2CCCO2)CC1. The molecule has 1 unspecified atom stereocenters. The third-order valence-corrected chi connectivity index (χ3v) is 4.21. The lowest BCUT2D eigenvalue weighted by Gasteiger charge is -2.26. The van der Waals surface area contributed by atoms with Crippen molar-refractivity contribution < 1.29 is 4.74 Å². The van der Waals surface area contributed by atoms with E-state index in [4.69, 9.17) is 10.5 Å². The Hall–Kier alpha value is -0.940. The zero-order chi connectivity index (χ0) is 12.4. The van der Waals surface area contributed by atoms with Gasteiger partial charge >= 0.3 is 0 Å². The lowest BCUT2D eigenvalue weighted by Crippen LogP contribution is -2.27. The summed E-state index contributed by atoms with van der Waals surface area (Å²) >= 11 is 0. The molecule has 2 fully saturated rings. The van der Waals surface area contributed by atoms with Crippen molar-refractivity contribution in [2.45, 2.75) is 63.1 Å². The van der Waals surface area contributed by atoms with Gasteiger partial charge in [-0.3, -0.25) is 0 Å². The third kappa shape index (κ3) is 2.57. The average molecular weight is 250 g/mol. The molecule has 2 heterocycles. The number of nitrogens with two attached hydrogens (primary N) is 1. The van der Waals surface area contributed by atoms with Crippen molar-refractivity contribution >= 4 is 0 Å². The maximum atomic E-state index is 5.96. The van der Waals surface area contributed by atoms with Crippen LogP contribution in [0, 0.1) is 0 Å². The predicted molar refractivity (Wildman–Crippen MR) is 68.2 cm³/mol. The molecule has 0 bridgehead atoms. The largest absolute Gasteiger partial charge is 0.376 e. The molecule has 1 aliphatic carbocycles. The Kier molecular flexibility index (Phi) is 3.61. The van der Waals surface area contributed by atoms with Crippen LogP contribution in [0.2, 0.25) is 0 Å². The van der Waals surface area contributed by atoms with Crippen molar-refractivity contribution in [3.63, 3.8) is 0 Å². The first-order valence-electron chi connectivity index (χ1n) is 7.08. The molecule has 18 heavy (non-hydrogen) atoms. The molecule has 1 atom stereocenters. The lowest BCUT2D eigenvalue weighted by atomic mass is 9.86. The van der Waals surface area contributed by atoms with Crippen LogP contribution < -0.4 is 5.73 Å². The fourth-order valence-corrected chi connectivity index (χ4v) is 3.11. The molecule has 3 rings (SSSR count). The van der Waals surface area contributed by atoms with Crippen LogP contribution >= 0.6 is 0 Å². The van der Waals surface area contributed by atoms with Gasteiger partial charge < -0.3 is 15.0 Å². The summed E-state index contributed by atoms with van der Waals surface area (Å²) in [5.41, 5.74) is 5.96. The van der Waals surface area contributed by atoms with Gasteiger partial charge in [0.15, 0.2) is 0 Å². The number of hydrogen-bond acceptors (Lipinski definition) is 4. The summed E-state index contributed by atoms with van der Waals surface area (Å²) in [6.07, 6.45) is 9.05. The minimum absolute atomic E-state index is 0.352. The summed E-state index contributed by atoms with van der Waals surface area (Å²) < 4.78 is 7.88. The molecule has 0 radical (unpaired) electrons. The smallest absolute Gasteiger partial charge is 0.136 e. The summed E-state index contributed by atoms with van der Waals surface area (Å²) in [5.74, 6) is 1.67. The highest BCUT2D eigenvalue weighted by Gasteiger charge is 2.25. The van der Waals surface area contributed by atoms with E-state index in [1.54, 1.807) is 0 Å². The molecule has 2 N–H and O–H groups in total. The molecule has 100 valence electrons. The van der Waals surface area contributed by atoms with Crippen molar-refractivity contribution in [2.75, 3.05) is 6.61 Å². The highest BCUT2D eigenvalue weighted by Crippen LogP contribution is 2.31. The first kappa shape index (κ1) is 12.1. The molecular formula is C13H22N4O. The van der Waals surface area contributed by atoms with Gasteiger partial charge in [0.25, 0.3) is 0 Å². The summed E-state index contributed by atoms with van der Waals surface area (Å²) in [6.45, 7) is 1.81. The monoisotopic (exact) mass is 250 g/mol. The fraction of sp³-hybridized carbons (Fsp3) is 0.846. The van der Waals surface area contributed by atoms with Gasteiger partial charge in [0.2, 0.25) is 0 Å². The Morgan fingerprint density at radius 1 is 1.28 bits per heavy atom. The Labute approximate surface area is 108 Å². The maximum Gasteiger partial charge on any atom is 0.136 e. The van der Waals surface area contributed by atoms with Gasteiger partial charge in [-0.15, -0.1) is 10.2 Å². The van der Waals surface area contributed by atoms with Crippen LogP contribution in [0.5, 0.6) is 0 Å². The number of rotatable bonds is 3. The number of nitrogens with zero attached hydrogens (tertiary/aromatic N) is 3. The van der Waals surface area contributed by atoms with E-state index in [2.05, 4.69) is 14.8 Å². The van der Waals surface area contributed by atoms with Crippen LogP contribution in [0.3, 0.4) is 0 Å². The van der Waals surface area contributed by atoms with Crippen LogP contribution in [-0.2, 0) is 11.3 Å². The summed E-state index contributed by atoms with van der Waals surface area (Å²) in [5, 5.41) is 8.41. The van der Waals surface area contributed by atoms with Crippen LogP contribution in [0.4, 0.5) is 0 Å². The average Bonchev–Trinajstić information content (AvgIpc) is 3.02. The van der Waals surface area contributed by atoms with E-state index in [0.717, 1.165) is 51.1 Å². The molecule has 1 aromatic heterocycles. The third-order valence-electron chi connectivity index (χ3n) is 4.21. The zero-order valence-corrected chi connectivity index (χ0v) is 10.8. The van der Waals surface area contributed by atoms with Gasteiger partial charge in [0.05, 0.1) is 12.6 Å². The van der Waals surface area contributed by atoms with E-state index >= 15 is 0 Å². The van der Waals surface area contributed by atoms with E-state index in [-0.39, 0.29) is 0 Å². The topological polar surface area (TPSA) is 66.0 Å². The van der Waals surface area contributed by atoms with Crippen LogP contribution in [-0.4, -0.2) is 33.5 Å². The standard InChI is InChI=1S/C13H22N4O/c14-11-5-3-10(4-6-11)13-16-15-9-17(13)8-12-2-1-7-18-12/h9-12H,1-8,14H2. The summed E-state index contributed by atoms with van der Waals surface area (Å²) in [7, 11) is 0. The normalized spacial score (nSPS) is 32.8. The van der Waals surface area contributed by atoms with Gasteiger partial charge in [0.1, 0.15) is 12.2 Å².